The van der Waals surface area contributed by atoms with Crippen molar-refractivity contribution in [3.05, 3.63) is 34.5 Å². The number of rotatable bonds is 4. The highest BCUT2D eigenvalue weighted by Crippen LogP contribution is 2.28. The highest BCUT2D eigenvalue weighted by Gasteiger charge is 2.19. The summed E-state index contributed by atoms with van der Waals surface area (Å²) in [5.41, 5.74) is 0.903. The third-order valence-electron chi connectivity index (χ3n) is 2.49. The smallest absolute Gasteiger partial charge is 0.297 e. The molecule has 7 nitrogen and oxygen atoms in total. The molecule has 0 bridgehead atoms. The highest BCUT2D eigenvalue weighted by atomic mass is 16.6. The van der Waals surface area contributed by atoms with Crippen LogP contribution in [0.1, 0.15) is 6.92 Å². The lowest BCUT2D eigenvalue weighted by Crippen LogP contribution is -2.04. The normalized spacial score (nSPS) is 10.3. The van der Waals surface area contributed by atoms with Crippen molar-refractivity contribution in [2.45, 2.75) is 6.92 Å². The Morgan fingerprint density at radius 1 is 1.44 bits per heavy atom. The summed E-state index contributed by atoms with van der Waals surface area (Å²) in [6, 6.07) is 4.75. The maximum atomic E-state index is 11.0. The van der Waals surface area contributed by atoms with Gasteiger partial charge < -0.3 is 5.32 Å². The first-order valence-electron chi connectivity index (χ1n) is 5.51. The van der Waals surface area contributed by atoms with Crippen LogP contribution in [0.25, 0.3) is 11.4 Å². The van der Waals surface area contributed by atoms with E-state index >= 15 is 0 Å². The first kappa shape index (κ1) is 12.0. The molecule has 0 atom stereocenters. The topological polar surface area (TPSA) is 85.9 Å². The van der Waals surface area contributed by atoms with E-state index in [1.807, 2.05) is 6.92 Å². The summed E-state index contributed by atoms with van der Waals surface area (Å²) in [6.07, 6.45) is 1.58. The second kappa shape index (κ2) is 4.82. The van der Waals surface area contributed by atoms with Crippen molar-refractivity contribution in [3.63, 3.8) is 0 Å². The van der Waals surface area contributed by atoms with E-state index in [-0.39, 0.29) is 5.69 Å². The zero-order valence-corrected chi connectivity index (χ0v) is 10.1. The fourth-order valence-electron chi connectivity index (χ4n) is 1.67. The predicted octanol–water partition coefficient (Wildman–Crippen LogP) is 1.82. The lowest BCUT2D eigenvalue weighted by atomic mass is 10.2. The molecule has 2 heterocycles. The van der Waals surface area contributed by atoms with Crippen molar-refractivity contribution in [1.82, 2.24) is 14.8 Å². The van der Waals surface area contributed by atoms with Crippen molar-refractivity contribution >= 4 is 11.5 Å². The first-order valence-corrected chi connectivity index (χ1v) is 5.51. The number of aryl methyl sites for hydroxylation is 1. The summed E-state index contributed by atoms with van der Waals surface area (Å²) < 4.78 is 1.56. The number of aromatic nitrogens is 3. The third-order valence-corrected chi connectivity index (χ3v) is 2.49. The van der Waals surface area contributed by atoms with E-state index in [4.69, 9.17) is 0 Å². The average molecular weight is 247 g/mol. The molecule has 18 heavy (non-hydrogen) atoms. The van der Waals surface area contributed by atoms with E-state index in [2.05, 4.69) is 15.4 Å². The molecule has 0 saturated heterocycles. The van der Waals surface area contributed by atoms with Crippen molar-refractivity contribution < 1.29 is 4.92 Å². The molecule has 0 radical (unpaired) electrons. The van der Waals surface area contributed by atoms with Crippen LogP contribution in [-0.2, 0) is 7.05 Å². The molecule has 0 spiro atoms. The standard InChI is InChI=1S/C11H13N5O2/c1-3-12-10-5-4-9(16(17)18)11(14-10)8-6-7-13-15(8)2/h4-7H,3H2,1-2H3,(H,12,14). The highest BCUT2D eigenvalue weighted by molar-refractivity contribution is 5.68. The molecular weight excluding hydrogens is 234 g/mol. The van der Waals surface area contributed by atoms with Crippen molar-refractivity contribution in [1.29, 1.82) is 0 Å². The number of anilines is 1. The molecule has 2 aromatic rings. The molecule has 1 N–H and O–H groups in total. The van der Waals surface area contributed by atoms with Gasteiger partial charge >= 0.3 is 0 Å². The van der Waals surface area contributed by atoms with Gasteiger partial charge in [0.2, 0.25) is 0 Å². The van der Waals surface area contributed by atoms with Gasteiger partial charge in [-0.2, -0.15) is 5.10 Å². The van der Waals surface area contributed by atoms with Gasteiger partial charge in [0.05, 0.1) is 10.6 Å². The molecular formula is C11H13N5O2. The quantitative estimate of drug-likeness (QED) is 0.657. The predicted molar refractivity (Wildman–Crippen MR) is 67.3 cm³/mol. The van der Waals surface area contributed by atoms with Gasteiger partial charge in [-0.25, -0.2) is 4.98 Å². The summed E-state index contributed by atoms with van der Waals surface area (Å²) in [6.45, 7) is 2.64. The van der Waals surface area contributed by atoms with E-state index in [9.17, 15) is 10.1 Å². The number of hydrogen-bond acceptors (Lipinski definition) is 5. The number of nitrogens with one attached hydrogen (secondary N) is 1. The van der Waals surface area contributed by atoms with Gasteiger partial charge in [-0.05, 0) is 19.1 Å². The molecule has 0 unspecified atom stereocenters. The molecule has 0 amide bonds. The van der Waals surface area contributed by atoms with Gasteiger partial charge in [0, 0.05) is 25.9 Å². The van der Waals surface area contributed by atoms with Crippen molar-refractivity contribution in [2.24, 2.45) is 7.05 Å². The van der Waals surface area contributed by atoms with Gasteiger partial charge in [-0.1, -0.05) is 0 Å². The maximum absolute atomic E-state index is 11.0. The summed E-state index contributed by atoms with van der Waals surface area (Å²) in [5.74, 6) is 0.610. The summed E-state index contributed by atoms with van der Waals surface area (Å²) in [5, 5.41) is 18.0. The Hall–Kier alpha value is -2.44. The van der Waals surface area contributed by atoms with E-state index in [1.54, 1.807) is 30.1 Å². The average Bonchev–Trinajstić information content (AvgIpc) is 2.75. The van der Waals surface area contributed by atoms with Crippen LogP contribution in [0.3, 0.4) is 0 Å². The minimum Gasteiger partial charge on any atom is -0.370 e. The lowest BCUT2D eigenvalue weighted by molar-refractivity contribution is -0.384. The molecule has 0 saturated carbocycles. The summed E-state index contributed by atoms with van der Waals surface area (Å²) in [7, 11) is 1.72. The Morgan fingerprint density at radius 3 is 2.78 bits per heavy atom. The molecule has 7 heteroatoms. The second-order valence-electron chi connectivity index (χ2n) is 3.69. The first-order chi connectivity index (χ1) is 8.63. The van der Waals surface area contributed by atoms with E-state index in [1.165, 1.54) is 6.07 Å². The maximum Gasteiger partial charge on any atom is 0.297 e. The number of nitro groups is 1. The van der Waals surface area contributed by atoms with Gasteiger partial charge in [0.15, 0.2) is 5.69 Å². The van der Waals surface area contributed by atoms with Crippen LogP contribution in [0.5, 0.6) is 0 Å². The molecule has 94 valence electrons. The van der Waals surface area contributed by atoms with Gasteiger partial charge in [0.1, 0.15) is 5.82 Å². The van der Waals surface area contributed by atoms with Crippen LogP contribution in [-0.4, -0.2) is 26.2 Å². The Morgan fingerprint density at radius 2 is 2.22 bits per heavy atom. The van der Waals surface area contributed by atoms with Gasteiger partial charge in [0.25, 0.3) is 5.69 Å². The molecule has 0 aliphatic carbocycles. The molecule has 2 aromatic heterocycles. The number of pyridine rings is 1. The summed E-state index contributed by atoms with van der Waals surface area (Å²) >= 11 is 0. The Bertz CT molecular complexity index is 579. The molecule has 0 fully saturated rings. The fourth-order valence-corrected chi connectivity index (χ4v) is 1.67. The van der Waals surface area contributed by atoms with E-state index in [0.29, 0.717) is 23.8 Å². The van der Waals surface area contributed by atoms with E-state index in [0.717, 1.165) is 0 Å². The van der Waals surface area contributed by atoms with Crippen LogP contribution >= 0.6 is 0 Å². The molecule has 0 aromatic carbocycles. The minimum absolute atomic E-state index is 0.0275. The lowest BCUT2D eigenvalue weighted by Gasteiger charge is -2.06. The molecule has 0 aliphatic heterocycles. The van der Waals surface area contributed by atoms with Crippen LogP contribution in [0, 0.1) is 10.1 Å². The second-order valence-corrected chi connectivity index (χ2v) is 3.69. The zero-order valence-electron chi connectivity index (χ0n) is 10.1. The SMILES string of the molecule is CCNc1ccc([N+](=O)[O-])c(-c2ccnn2C)n1. The minimum atomic E-state index is -0.439. The largest absolute Gasteiger partial charge is 0.370 e. The van der Waals surface area contributed by atoms with Crippen molar-refractivity contribution in [2.75, 3.05) is 11.9 Å². The Labute approximate surface area is 104 Å². The van der Waals surface area contributed by atoms with Crippen LogP contribution in [0.2, 0.25) is 0 Å². The van der Waals surface area contributed by atoms with Gasteiger partial charge in [-0.3, -0.25) is 14.8 Å². The van der Waals surface area contributed by atoms with Crippen LogP contribution in [0.15, 0.2) is 24.4 Å². The van der Waals surface area contributed by atoms with Crippen molar-refractivity contribution in [3.8, 4) is 11.4 Å². The number of nitrogens with zero attached hydrogens (tertiary/aromatic N) is 4. The van der Waals surface area contributed by atoms with Crippen LogP contribution in [0.4, 0.5) is 11.5 Å². The Balaban J connectivity index is 2.58. The number of hydrogen-bond donors (Lipinski definition) is 1. The molecule has 0 aliphatic rings. The van der Waals surface area contributed by atoms with E-state index < -0.39 is 4.92 Å². The summed E-state index contributed by atoms with van der Waals surface area (Å²) in [4.78, 5) is 14.8. The van der Waals surface area contributed by atoms with Crippen LogP contribution < -0.4 is 5.32 Å². The fraction of sp³-hybridized carbons (Fsp3) is 0.273. The van der Waals surface area contributed by atoms with Gasteiger partial charge in [-0.15, -0.1) is 0 Å². The Kier molecular flexibility index (Phi) is 3.22. The third kappa shape index (κ3) is 2.15. The molecule has 2 rings (SSSR count). The monoisotopic (exact) mass is 247 g/mol. The zero-order chi connectivity index (χ0) is 13.1.